The first-order valence-corrected chi connectivity index (χ1v) is 20.9. The molecule has 4 heterocycles. The number of cyclic esters (lactones) is 1. The number of carbonyl (C=O) groups is 3. The molecule has 0 aliphatic carbocycles. The Kier molecular flexibility index (Phi) is 18.8. The van der Waals surface area contributed by atoms with Gasteiger partial charge in [0.25, 0.3) is 0 Å². The van der Waals surface area contributed by atoms with Crippen molar-refractivity contribution in [1.29, 1.82) is 0 Å². The lowest BCUT2D eigenvalue weighted by molar-refractivity contribution is -0.159. The number of aliphatic hydroxyl groups is 3. The molecule has 1 amide bonds. The highest BCUT2D eigenvalue weighted by Crippen LogP contribution is 2.33. The van der Waals surface area contributed by atoms with E-state index in [1.807, 2.05) is 39.8 Å². The van der Waals surface area contributed by atoms with Crippen molar-refractivity contribution in [2.24, 2.45) is 29.6 Å². The number of hydrogen-bond donors (Lipinski definition) is 3. The Morgan fingerprint density at radius 3 is 2.36 bits per heavy atom. The Morgan fingerprint density at radius 2 is 1.66 bits per heavy atom. The van der Waals surface area contributed by atoms with Gasteiger partial charge in [-0.15, -0.1) is 0 Å². The number of hydrogen-bond acceptors (Lipinski definition) is 15. The van der Waals surface area contributed by atoms with E-state index in [4.69, 9.17) is 27.5 Å². The highest BCUT2D eigenvalue weighted by molar-refractivity contribution is 5.94. The van der Waals surface area contributed by atoms with Crippen LogP contribution in [0.1, 0.15) is 104 Å². The summed E-state index contributed by atoms with van der Waals surface area (Å²) in [5, 5.41) is 33.7. The topological polar surface area (TPSA) is 221 Å². The highest BCUT2D eigenvalue weighted by atomic mass is 16.5. The van der Waals surface area contributed by atoms with Gasteiger partial charge in [0.2, 0.25) is 24.1 Å². The van der Waals surface area contributed by atoms with Crippen LogP contribution in [0.3, 0.4) is 0 Å². The number of esters is 1. The average Bonchev–Trinajstić information content (AvgIpc) is 4.02. The van der Waals surface area contributed by atoms with E-state index in [1.54, 1.807) is 46.4 Å². The van der Waals surface area contributed by atoms with Gasteiger partial charge in [-0.25, -0.2) is 15.0 Å². The molecule has 16 heteroatoms. The molecule has 1 aliphatic heterocycles. The first-order valence-electron chi connectivity index (χ1n) is 20.9. The van der Waals surface area contributed by atoms with Crippen LogP contribution in [0, 0.1) is 29.6 Å². The SMILES string of the molecule is CO[C@@H](C[C@@H]1OC(=O)C[C@@H](O)C[C@H](C)C[C@H](O)[C@H](C)[C@@H](OC)c2coc(n2)-c2coc(n2)-c2coc(n2)C=CC[C@H](O)[C@H]1C)[C@@H](C)CCC(=O)C(C)=C[C@H](C)C=CN(C)C=O. The second kappa shape index (κ2) is 23.5. The first-order chi connectivity index (χ1) is 29.0. The van der Waals surface area contributed by atoms with Crippen molar-refractivity contribution in [3.05, 3.63) is 60.4 Å². The summed E-state index contributed by atoms with van der Waals surface area (Å²) in [5.74, 6) is -1.41. The maximum Gasteiger partial charge on any atom is 0.308 e. The molecule has 0 fully saturated rings. The van der Waals surface area contributed by atoms with E-state index >= 15 is 0 Å². The lowest BCUT2D eigenvalue weighted by Gasteiger charge is -2.32. The summed E-state index contributed by atoms with van der Waals surface area (Å²) < 4.78 is 34.7. The van der Waals surface area contributed by atoms with Crippen LogP contribution in [0.5, 0.6) is 0 Å². The maximum absolute atomic E-state index is 13.5. The predicted molar refractivity (Wildman–Crippen MR) is 225 cm³/mol. The number of allylic oxidation sites excluding steroid dienone is 3. The van der Waals surface area contributed by atoms with Gasteiger partial charge in [0.05, 0.1) is 30.8 Å². The van der Waals surface area contributed by atoms with Gasteiger partial charge in [-0.2, -0.15) is 0 Å². The number of fused-ring (bicyclic) bond motifs is 8. The molecular formula is C45H64N4O12. The Bertz CT molecular complexity index is 1930. The van der Waals surface area contributed by atoms with Crippen LogP contribution >= 0.6 is 0 Å². The van der Waals surface area contributed by atoms with Gasteiger partial charge >= 0.3 is 5.97 Å². The Balaban J connectivity index is 1.53. The molecule has 0 saturated carbocycles. The van der Waals surface area contributed by atoms with Crippen LogP contribution < -0.4 is 0 Å². The van der Waals surface area contributed by atoms with Gasteiger partial charge in [-0.05, 0) is 62.0 Å². The zero-order chi connectivity index (χ0) is 44.8. The van der Waals surface area contributed by atoms with Crippen molar-refractivity contribution in [2.45, 2.75) is 123 Å². The molecule has 3 aromatic rings. The Hall–Kier alpha value is -4.74. The van der Waals surface area contributed by atoms with Gasteiger partial charge in [-0.3, -0.25) is 14.4 Å². The van der Waals surface area contributed by atoms with E-state index in [-0.39, 0.29) is 73.3 Å². The number of methoxy groups -OCH3 is 2. The molecule has 1 aliphatic rings. The fraction of sp³-hybridized carbons (Fsp3) is 0.600. The minimum Gasteiger partial charge on any atom is -0.462 e. The molecular weight excluding hydrogens is 789 g/mol. The molecule has 0 aromatic carbocycles. The second-order valence-corrected chi connectivity index (χ2v) is 16.6. The highest BCUT2D eigenvalue weighted by Gasteiger charge is 2.34. The third-order valence-corrected chi connectivity index (χ3v) is 11.4. The van der Waals surface area contributed by atoms with Crippen LogP contribution in [0.2, 0.25) is 0 Å². The van der Waals surface area contributed by atoms with Crippen molar-refractivity contribution < 1.29 is 57.2 Å². The number of ketones is 1. The summed E-state index contributed by atoms with van der Waals surface area (Å²) in [4.78, 5) is 52.3. The largest absolute Gasteiger partial charge is 0.462 e. The van der Waals surface area contributed by atoms with Crippen molar-refractivity contribution >= 4 is 24.2 Å². The number of nitrogens with zero attached hydrogens (tertiary/aromatic N) is 4. The number of ether oxygens (including phenoxy) is 3. The van der Waals surface area contributed by atoms with Crippen molar-refractivity contribution in [3.63, 3.8) is 0 Å². The number of aliphatic hydroxyl groups excluding tert-OH is 3. The normalized spacial score (nSPS) is 26.5. The summed E-state index contributed by atoms with van der Waals surface area (Å²) in [5.41, 5.74) is 1.72. The molecule has 0 spiro atoms. The van der Waals surface area contributed by atoms with E-state index in [0.29, 0.717) is 41.9 Å². The molecule has 4 rings (SSSR count). The number of amides is 1. The van der Waals surface area contributed by atoms with Crippen LogP contribution in [0.25, 0.3) is 29.2 Å². The molecule has 16 nitrogen and oxygen atoms in total. The maximum atomic E-state index is 13.5. The zero-order valence-electron chi connectivity index (χ0n) is 36.8. The van der Waals surface area contributed by atoms with Crippen LogP contribution in [-0.2, 0) is 28.6 Å². The smallest absolute Gasteiger partial charge is 0.308 e. The zero-order valence-corrected chi connectivity index (χ0v) is 36.8. The van der Waals surface area contributed by atoms with Gasteiger partial charge in [0, 0.05) is 52.1 Å². The average molecular weight is 853 g/mol. The fourth-order valence-electron chi connectivity index (χ4n) is 7.50. The second-order valence-electron chi connectivity index (χ2n) is 16.6. The number of carbonyl (C=O) groups excluding carboxylic acids is 3. The molecule has 3 aromatic heterocycles. The van der Waals surface area contributed by atoms with E-state index in [2.05, 4.69) is 15.0 Å². The molecule has 0 radical (unpaired) electrons. The van der Waals surface area contributed by atoms with E-state index in [9.17, 15) is 29.7 Å². The van der Waals surface area contributed by atoms with Gasteiger partial charge in [0.15, 0.2) is 17.2 Å². The minimum atomic E-state index is -1.05. The molecule has 11 atom stereocenters. The summed E-state index contributed by atoms with van der Waals surface area (Å²) in [6.07, 6.45) is 10.2. The third-order valence-electron chi connectivity index (χ3n) is 11.4. The summed E-state index contributed by atoms with van der Waals surface area (Å²) >= 11 is 0. The lowest BCUT2D eigenvalue weighted by atomic mass is 9.86. The molecule has 3 N–H and O–H groups in total. The number of aromatic nitrogens is 3. The Morgan fingerprint density at radius 1 is 0.967 bits per heavy atom. The summed E-state index contributed by atoms with van der Waals surface area (Å²) in [6, 6.07) is 0. The predicted octanol–water partition coefficient (Wildman–Crippen LogP) is 6.74. The molecule has 336 valence electrons. The number of oxazole rings is 3. The monoisotopic (exact) mass is 852 g/mol. The molecule has 6 bridgehead atoms. The van der Waals surface area contributed by atoms with E-state index in [1.165, 1.54) is 30.8 Å². The van der Waals surface area contributed by atoms with Gasteiger partial charge in [0.1, 0.15) is 36.7 Å². The van der Waals surface area contributed by atoms with E-state index < -0.39 is 54.4 Å². The number of Topliss-reactive ketones (excluding diaryl/α,β-unsaturated/α-hetero) is 1. The van der Waals surface area contributed by atoms with Crippen LogP contribution in [0.15, 0.2) is 62.0 Å². The molecule has 0 saturated heterocycles. The minimum absolute atomic E-state index is 0.0106. The van der Waals surface area contributed by atoms with E-state index in [0.717, 1.165) is 0 Å². The van der Waals surface area contributed by atoms with Crippen molar-refractivity contribution in [1.82, 2.24) is 19.9 Å². The van der Waals surface area contributed by atoms with Crippen molar-refractivity contribution in [3.8, 4) is 23.2 Å². The lowest BCUT2D eigenvalue weighted by Crippen LogP contribution is -2.38. The summed E-state index contributed by atoms with van der Waals surface area (Å²) in [7, 11) is 4.72. The third kappa shape index (κ3) is 14.4. The van der Waals surface area contributed by atoms with Gasteiger partial charge in [-0.1, -0.05) is 52.8 Å². The van der Waals surface area contributed by atoms with Crippen LogP contribution in [-0.4, -0.2) is 105 Å². The fourth-order valence-corrected chi connectivity index (χ4v) is 7.50. The molecule has 61 heavy (non-hydrogen) atoms. The first kappa shape index (κ1) is 48.9. The van der Waals surface area contributed by atoms with Gasteiger partial charge < -0.3 is 47.7 Å². The summed E-state index contributed by atoms with van der Waals surface area (Å²) in [6.45, 7) is 11.2. The quantitative estimate of drug-likeness (QED) is 0.0921. The van der Waals surface area contributed by atoms with Crippen LogP contribution in [0.4, 0.5) is 0 Å². The Labute approximate surface area is 358 Å². The molecule has 0 unspecified atom stereocenters. The van der Waals surface area contributed by atoms with Crippen molar-refractivity contribution in [2.75, 3.05) is 21.3 Å². The standard InChI is InChI=1S/C45H64N4O12/c1-26(15-16-49(7)25-50)17-29(4)36(52)14-13-28(3)39(56-8)21-40-30(5)37(53)11-10-12-41-46-34(23-58-41)44-48-35(24-60-44)45-47-33(22-59-45)43(57-9)31(6)38(54)19-27(2)18-32(51)20-42(55)61-40/h10,12,15-17,22-28,30-32,37-40,43,51,53-54H,11,13-14,18-21H2,1-9H3/t26-,27+,28+,30-,31+,32+,37+,38+,39+,40+,43-/m1/s1. The number of rotatable bonds is 13.